The second-order valence-electron chi connectivity index (χ2n) is 12.1. The van der Waals surface area contributed by atoms with E-state index in [4.69, 9.17) is 0 Å². The SMILES string of the molecule is CCCCCCCC/C=C\CCCCCCCC(=O)OP(=O)(O)OC(=O)CCCCCCC/C=C\CCCCCCCC. The maximum atomic E-state index is 12.0. The molecule has 0 saturated heterocycles. The highest BCUT2D eigenvalue weighted by Gasteiger charge is 2.30. The highest BCUT2D eigenvalue weighted by Crippen LogP contribution is 2.44. The van der Waals surface area contributed by atoms with Gasteiger partial charge in [-0.05, 0) is 64.2 Å². The number of hydrogen-bond donors (Lipinski definition) is 1. The topological polar surface area (TPSA) is 89.9 Å². The highest BCUT2D eigenvalue weighted by molar-refractivity contribution is 7.48. The van der Waals surface area contributed by atoms with Crippen LogP contribution in [0, 0.1) is 0 Å². The Bertz CT molecular complexity index is 690. The van der Waals surface area contributed by atoms with Crippen molar-refractivity contribution in [1.82, 2.24) is 0 Å². The van der Waals surface area contributed by atoms with Crippen LogP contribution in [0.1, 0.15) is 194 Å². The summed E-state index contributed by atoms with van der Waals surface area (Å²) in [6, 6.07) is 0. The Morgan fingerprint density at radius 3 is 1.02 bits per heavy atom. The Hall–Kier alpha value is -1.39. The summed E-state index contributed by atoms with van der Waals surface area (Å²) in [6.45, 7) is 4.49. The van der Waals surface area contributed by atoms with Crippen molar-refractivity contribution in [1.29, 1.82) is 0 Å². The standard InChI is InChI=1S/C36H67O6P/c1-3-5-7-9-11-13-15-17-19-21-23-25-27-29-31-33-35(37)41-43(39,40)42-36(38)34-32-30-28-26-24-22-20-18-16-14-12-10-8-6-4-2/h17-20H,3-16,21-34H2,1-2H3,(H,39,40)/b19-17-,20-18-. The fraction of sp³-hybridized carbons (Fsp3) is 0.833. The molecular weight excluding hydrogens is 559 g/mol. The van der Waals surface area contributed by atoms with Crippen LogP contribution in [0.15, 0.2) is 24.3 Å². The van der Waals surface area contributed by atoms with E-state index in [1.54, 1.807) is 0 Å². The molecule has 0 heterocycles. The highest BCUT2D eigenvalue weighted by atomic mass is 31.2. The molecule has 0 aromatic heterocycles. The molecular formula is C36H67O6P. The molecule has 0 aliphatic rings. The Balaban J connectivity index is 3.62. The van der Waals surface area contributed by atoms with Crippen molar-refractivity contribution in [2.75, 3.05) is 0 Å². The average Bonchev–Trinajstić information content (AvgIpc) is 2.96. The Morgan fingerprint density at radius 1 is 0.465 bits per heavy atom. The fourth-order valence-corrected chi connectivity index (χ4v) is 5.78. The van der Waals surface area contributed by atoms with Crippen LogP contribution in [-0.4, -0.2) is 16.8 Å². The van der Waals surface area contributed by atoms with Crippen molar-refractivity contribution in [3.05, 3.63) is 24.3 Å². The second kappa shape index (κ2) is 32.0. The molecule has 0 aliphatic carbocycles. The summed E-state index contributed by atoms with van der Waals surface area (Å²) < 4.78 is 21.2. The van der Waals surface area contributed by atoms with Gasteiger partial charge in [0.25, 0.3) is 0 Å². The first-order valence-corrected chi connectivity index (χ1v) is 19.5. The summed E-state index contributed by atoms with van der Waals surface area (Å²) in [5, 5.41) is 0. The molecule has 0 saturated carbocycles. The van der Waals surface area contributed by atoms with Crippen molar-refractivity contribution >= 4 is 19.8 Å². The average molecular weight is 627 g/mol. The summed E-state index contributed by atoms with van der Waals surface area (Å²) in [4.78, 5) is 33.6. The van der Waals surface area contributed by atoms with E-state index in [1.165, 1.54) is 89.9 Å². The summed E-state index contributed by atoms with van der Waals surface area (Å²) in [6.07, 6.45) is 39.2. The Labute approximate surface area is 265 Å². The molecule has 0 unspecified atom stereocenters. The van der Waals surface area contributed by atoms with Gasteiger partial charge in [-0.1, -0.05) is 141 Å². The van der Waals surface area contributed by atoms with Crippen LogP contribution >= 0.6 is 7.82 Å². The first kappa shape index (κ1) is 41.6. The van der Waals surface area contributed by atoms with Crippen molar-refractivity contribution in [2.45, 2.75) is 194 Å². The smallest absolute Gasteiger partial charge is 0.361 e. The minimum atomic E-state index is -4.70. The quantitative estimate of drug-likeness (QED) is 0.0454. The minimum Gasteiger partial charge on any atom is -0.361 e. The van der Waals surface area contributed by atoms with Crippen LogP contribution in [0.5, 0.6) is 0 Å². The zero-order chi connectivity index (χ0) is 31.7. The summed E-state index contributed by atoms with van der Waals surface area (Å²) in [7, 11) is -4.70. The van der Waals surface area contributed by atoms with Crippen molar-refractivity contribution in [3.63, 3.8) is 0 Å². The first-order valence-electron chi connectivity index (χ1n) is 18.0. The van der Waals surface area contributed by atoms with Crippen molar-refractivity contribution in [2.24, 2.45) is 0 Å². The first-order chi connectivity index (χ1) is 20.9. The second-order valence-corrected chi connectivity index (χ2v) is 13.4. The fourth-order valence-electron chi connectivity index (χ4n) is 5.05. The van der Waals surface area contributed by atoms with Crippen LogP contribution in [-0.2, 0) is 23.2 Å². The largest absolute Gasteiger partial charge is 0.589 e. The lowest BCUT2D eigenvalue weighted by molar-refractivity contribution is -0.140. The van der Waals surface area contributed by atoms with Gasteiger partial charge in [0.1, 0.15) is 0 Å². The lowest BCUT2D eigenvalue weighted by atomic mass is 10.1. The van der Waals surface area contributed by atoms with Gasteiger partial charge in [-0.15, -0.1) is 0 Å². The van der Waals surface area contributed by atoms with Crippen LogP contribution in [0.25, 0.3) is 0 Å². The van der Waals surface area contributed by atoms with E-state index >= 15 is 0 Å². The van der Waals surface area contributed by atoms with E-state index in [9.17, 15) is 19.0 Å². The monoisotopic (exact) mass is 626 g/mol. The van der Waals surface area contributed by atoms with Gasteiger partial charge in [0.05, 0.1) is 0 Å². The van der Waals surface area contributed by atoms with E-state index in [0.717, 1.165) is 64.2 Å². The van der Waals surface area contributed by atoms with Crippen LogP contribution in [0.3, 0.4) is 0 Å². The molecule has 1 N–H and O–H groups in total. The van der Waals surface area contributed by atoms with E-state index in [2.05, 4.69) is 47.2 Å². The van der Waals surface area contributed by atoms with Crippen molar-refractivity contribution < 1.29 is 28.1 Å². The van der Waals surface area contributed by atoms with Gasteiger partial charge in [-0.3, -0.25) is 14.5 Å². The van der Waals surface area contributed by atoms with Crippen molar-refractivity contribution in [3.8, 4) is 0 Å². The number of phosphoric ester groups is 1. The molecule has 0 fully saturated rings. The third-order valence-corrected chi connectivity index (χ3v) is 8.59. The molecule has 0 aromatic carbocycles. The zero-order valence-electron chi connectivity index (χ0n) is 28.0. The molecule has 43 heavy (non-hydrogen) atoms. The number of carbonyl (C=O) groups excluding carboxylic acids is 2. The lowest BCUT2D eigenvalue weighted by Crippen LogP contribution is -2.08. The molecule has 0 rings (SSSR count). The van der Waals surface area contributed by atoms with Crippen LogP contribution in [0.2, 0.25) is 0 Å². The van der Waals surface area contributed by atoms with Gasteiger partial charge in [0.2, 0.25) is 0 Å². The maximum absolute atomic E-state index is 12.0. The van der Waals surface area contributed by atoms with Gasteiger partial charge >= 0.3 is 19.8 Å². The lowest BCUT2D eigenvalue weighted by Gasteiger charge is -2.11. The van der Waals surface area contributed by atoms with Gasteiger partial charge in [-0.25, -0.2) is 4.57 Å². The molecule has 0 atom stereocenters. The number of phosphoric acid groups is 1. The number of carbonyl (C=O) groups is 2. The molecule has 0 amide bonds. The summed E-state index contributed by atoms with van der Waals surface area (Å²) >= 11 is 0. The Morgan fingerprint density at radius 2 is 0.721 bits per heavy atom. The molecule has 0 radical (unpaired) electrons. The molecule has 0 bridgehead atoms. The number of allylic oxidation sites excluding steroid dienone is 4. The maximum Gasteiger partial charge on any atom is 0.589 e. The van der Waals surface area contributed by atoms with Gasteiger partial charge in [0.15, 0.2) is 0 Å². The number of rotatable bonds is 32. The van der Waals surface area contributed by atoms with E-state index in [0.29, 0.717) is 12.8 Å². The van der Waals surface area contributed by atoms with Gasteiger partial charge in [-0.2, -0.15) is 0 Å². The molecule has 0 aromatic rings. The van der Waals surface area contributed by atoms with Gasteiger partial charge < -0.3 is 9.05 Å². The molecule has 0 aliphatic heterocycles. The molecule has 6 nitrogen and oxygen atoms in total. The normalized spacial score (nSPS) is 12.0. The van der Waals surface area contributed by atoms with E-state index in [-0.39, 0.29) is 12.8 Å². The van der Waals surface area contributed by atoms with E-state index < -0.39 is 19.8 Å². The number of unbranched alkanes of at least 4 members (excludes halogenated alkanes) is 22. The third-order valence-electron chi connectivity index (χ3n) is 7.72. The summed E-state index contributed by atoms with van der Waals surface area (Å²) in [5.41, 5.74) is 0. The van der Waals surface area contributed by atoms with Crippen LogP contribution < -0.4 is 0 Å². The minimum absolute atomic E-state index is 0.0501. The zero-order valence-corrected chi connectivity index (χ0v) is 28.9. The predicted octanol–water partition coefficient (Wildman–Crippen LogP) is 12.2. The van der Waals surface area contributed by atoms with E-state index in [1.807, 2.05) is 0 Å². The third kappa shape index (κ3) is 33.3. The Kier molecular flexibility index (Phi) is 31.0. The predicted molar refractivity (Wildman–Crippen MR) is 181 cm³/mol. The van der Waals surface area contributed by atoms with Crippen LogP contribution in [0.4, 0.5) is 0 Å². The molecule has 0 spiro atoms. The number of hydrogen-bond acceptors (Lipinski definition) is 5. The van der Waals surface area contributed by atoms with Gasteiger partial charge in [0, 0.05) is 12.8 Å². The molecule has 7 heteroatoms. The summed E-state index contributed by atoms with van der Waals surface area (Å²) in [5.74, 6) is -1.59. The molecule has 252 valence electrons.